The number of nitrogens with zero attached hydrogens (tertiary/aromatic N) is 6. The summed E-state index contributed by atoms with van der Waals surface area (Å²) >= 11 is 1.67. The number of hydrogen-bond donors (Lipinski definition) is 1. The fourth-order valence-corrected chi connectivity index (χ4v) is 8.11. The molecule has 1 unspecified atom stereocenters. The van der Waals surface area contributed by atoms with Gasteiger partial charge in [0.1, 0.15) is 5.82 Å². The van der Waals surface area contributed by atoms with Gasteiger partial charge in [-0.15, -0.1) is 0 Å². The second kappa shape index (κ2) is 11.5. The van der Waals surface area contributed by atoms with Gasteiger partial charge in [-0.05, 0) is 47.9 Å². The SMILES string of the molecule is CC(=O)N1CCCC1C1=NC=C(c2ccc(-c3cn4cc(-c5ccc(-c6cnc([C@@H]7CCCN7C(C)=O)[nH]6)cc5)sc4n3)cc2)C1. The summed E-state index contributed by atoms with van der Waals surface area (Å²) in [5, 5.41) is 0. The molecule has 6 heterocycles. The highest BCUT2D eigenvalue weighted by Gasteiger charge is 2.32. The Morgan fingerprint density at radius 2 is 1.48 bits per heavy atom. The van der Waals surface area contributed by atoms with Crippen molar-refractivity contribution in [1.29, 1.82) is 0 Å². The summed E-state index contributed by atoms with van der Waals surface area (Å²) in [6, 6.07) is 17.2. The summed E-state index contributed by atoms with van der Waals surface area (Å²) in [7, 11) is 0. The number of carbonyl (C=O) groups is 2. The number of benzene rings is 2. The van der Waals surface area contributed by atoms with E-state index in [9.17, 15) is 9.59 Å². The van der Waals surface area contributed by atoms with E-state index >= 15 is 0 Å². The van der Waals surface area contributed by atoms with Crippen LogP contribution in [0.3, 0.4) is 0 Å². The van der Waals surface area contributed by atoms with Gasteiger partial charge in [0.05, 0.1) is 34.5 Å². The van der Waals surface area contributed by atoms with Gasteiger partial charge in [0, 0.05) is 63.2 Å². The summed E-state index contributed by atoms with van der Waals surface area (Å²) in [6.45, 7) is 4.90. The van der Waals surface area contributed by atoms with Crippen LogP contribution in [0, 0.1) is 0 Å². The Balaban J connectivity index is 0.933. The largest absolute Gasteiger partial charge is 0.340 e. The second-order valence-corrected chi connectivity index (χ2v) is 13.4. The molecule has 2 amide bonds. The maximum Gasteiger partial charge on any atom is 0.220 e. The van der Waals surface area contributed by atoms with Crippen molar-refractivity contribution in [2.24, 2.45) is 4.99 Å². The zero-order valence-corrected chi connectivity index (χ0v) is 26.8. The minimum Gasteiger partial charge on any atom is -0.340 e. The number of rotatable bonds is 6. The normalized spacial score (nSPS) is 19.7. The number of allylic oxidation sites excluding steroid dienone is 1. The number of aromatic amines is 1. The Morgan fingerprint density at radius 1 is 0.826 bits per heavy atom. The first-order valence-corrected chi connectivity index (χ1v) is 16.8. The van der Waals surface area contributed by atoms with E-state index in [4.69, 9.17) is 9.98 Å². The maximum absolute atomic E-state index is 12.0. The van der Waals surface area contributed by atoms with E-state index in [1.165, 1.54) is 5.57 Å². The Kier molecular flexibility index (Phi) is 7.17. The average molecular weight is 630 g/mol. The molecule has 9 nitrogen and oxygen atoms in total. The van der Waals surface area contributed by atoms with Gasteiger partial charge in [-0.3, -0.25) is 19.0 Å². The number of likely N-dealkylation sites (tertiary alicyclic amines) is 2. The molecule has 3 aliphatic heterocycles. The number of H-pyrrole nitrogens is 1. The molecule has 0 radical (unpaired) electrons. The number of fused-ring (bicyclic) bond motifs is 1. The third kappa shape index (κ3) is 5.16. The molecule has 1 N–H and O–H groups in total. The van der Waals surface area contributed by atoms with E-state index in [1.807, 2.05) is 22.2 Å². The lowest BCUT2D eigenvalue weighted by Gasteiger charge is -2.23. The molecular weight excluding hydrogens is 595 g/mol. The van der Waals surface area contributed by atoms with Gasteiger partial charge in [-0.1, -0.05) is 59.9 Å². The van der Waals surface area contributed by atoms with Crippen LogP contribution in [0.4, 0.5) is 0 Å². The van der Waals surface area contributed by atoms with Crippen molar-refractivity contribution in [1.82, 2.24) is 29.2 Å². The van der Waals surface area contributed by atoms with Crippen LogP contribution < -0.4 is 0 Å². The molecule has 0 aliphatic carbocycles. The molecular formula is C36H35N7O2S. The van der Waals surface area contributed by atoms with E-state index in [-0.39, 0.29) is 23.9 Å². The Bertz CT molecular complexity index is 1980. The zero-order valence-electron chi connectivity index (χ0n) is 25.9. The Morgan fingerprint density at radius 3 is 2.20 bits per heavy atom. The second-order valence-electron chi connectivity index (χ2n) is 12.4. The third-order valence-corrected chi connectivity index (χ3v) is 10.6. The van der Waals surface area contributed by atoms with Gasteiger partial charge < -0.3 is 14.8 Å². The molecule has 3 aliphatic rings. The van der Waals surface area contributed by atoms with Crippen molar-refractivity contribution >= 4 is 39.4 Å². The first-order chi connectivity index (χ1) is 22.4. The molecule has 3 aromatic heterocycles. The highest BCUT2D eigenvalue weighted by molar-refractivity contribution is 7.20. The lowest BCUT2D eigenvalue weighted by molar-refractivity contribution is -0.130. The zero-order chi connectivity index (χ0) is 31.4. The van der Waals surface area contributed by atoms with Crippen LogP contribution in [0.2, 0.25) is 0 Å². The number of nitrogens with one attached hydrogen (secondary N) is 1. The molecule has 5 aromatic rings. The monoisotopic (exact) mass is 629 g/mol. The summed E-state index contributed by atoms with van der Waals surface area (Å²) in [5.41, 5.74) is 8.63. The average Bonchev–Trinajstić information content (AvgIpc) is 3.90. The van der Waals surface area contributed by atoms with Gasteiger partial charge in [-0.2, -0.15) is 0 Å². The van der Waals surface area contributed by atoms with Crippen LogP contribution in [0.5, 0.6) is 0 Å². The number of aromatic nitrogens is 4. The maximum atomic E-state index is 12.0. The fourth-order valence-electron chi connectivity index (χ4n) is 7.14. The van der Waals surface area contributed by atoms with Crippen molar-refractivity contribution in [3.05, 3.63) is 84.7 Å². The Labute approximate surface area is 271 Å². The number of amides is 2. The first kappa shape index (κ1) is 28.6. The van der Waals surface area contributed by atoms with Gasteiger partial charge in [0.2, 0.25) is 11.8 Å². The molecule has 232 valence electrons. The fraction of sp³-hybridized carbons (Fsp3) is 0.306. The molecule has 8 rings (SSSR count). The van der Waals surface area contributed by atoms with Crippen LogP contribution >= 0.6 is 11.3 Å². The molecule has 2 fully saturated rings. The first-order valence-electron chi connectivity index (χ1n) is 16.0. The summed E-state index contributed by atoms with van der Waals surface area (Å²) in [6.07, 6.45) is 12.8. The molecule has 0 bridgehead atoms. The van der Waals surface area contributed by atoms with Gasteiger partial charge in [0.15, 0.2) is 4.96 Å². The Hall–Kier alpha value is -4.83. The van der Waals surface area contributed by atoms with E-state index in [2.05, 4.69) is 75.3 Å². The van der Waals surface area contributed by atoms with Crippen LogP contribution in [0.25, 0.3) is 43.5 Å². The third-order valence-electron chi connectivity index (χ3n) is 9.56. The summed E-state index contributed by atoms with van der Waals surface area (Å²) in [4.78, 5) is 47.7. The quantitative estimate of drug-likeness (QED) is 0.219. The van der Waals surface area contributed by atoms with E-state index in [1.54, 1.807) is 25.2 Å². The number of imidazole rings is 2. The number of carbonyl (C=O) groups excluding carboxylic acids is 2. The lowest BCUT2D eigenvalue weighted by Crippen LogP contribution is -2.38. The predicted molar refractivity (Wildman–Crippen MR) is 181 cm³/mol. The van der Waals surface area contributed by atoms with Crippen molar-refractivity contribution in [2.45, 2.75) is 58.0 Å². The van der Waals surface area contributed by atoms with Crippen molar-refractivity contribution in [2.75, 3.05) is 13.1 Å². The van der Waals surface area contributed by atoms with Crippen LogP contribution in [-0.2, 0) is 9.59 Å². The number of hydrogen-bond acceptors (Lipinski definition) is 6. The molecule has 46 heavy (non-hydrogen) atoms. The molecule has 10 heteroatoms. The minimum absolute atomic E-state index is 0.0331. The van der Waals surface area contributed by atoms with Crippen LogP contribution in [0.1, 0.15) is 63.4 Å². The van der Waals surface area contributed by atoms with Crippen LogP contribution in [-0.4, -0.2) is 65.8 Å². The number of thiazole rings is 1. The smallest absolute Gasteiger partial charge is 0.220 e. The highest BCUT2D eigenvalue weighted by Crippen LogP contribution is 2.35. The molecule has 2 atom stereocenters. The predicted octanol–water partition coefficient (Wildman–Crippen LogP) is 7.00. The van der Waals surface area contributed by atoms with Gasteiger partial charge >= 0.3 is 0 Å². The standard InChI is InChI=1S/C36H35N7O2S/c1-22(44)42-15-3-5-32(42)29-17-28(18-37-29)24-7-9-26(10-8-24)31-20-41-21-34(46-36(41)40-31)27-13-11-25(12-14-27)30-19-38-35(39-30)33-6-4-16-43(33)23(2)45/h7-14,18-21,32-33H,3-6,15-17H2,1-2H3,(H,38,39)/t32?,33-/m0/s1. The minimum atomic E-state index is 0.0331. The highest BCUT2D eigenvalue weighted by atomic mass is 32.1. The topological polar surface area (TPSA) is 99.0 Å². The molecule has 2 aromatic carbocycles. The lowest BCUT2D eigenvalue weighted by atomic mass is 9.97. The van der Waals surface area contributed by atoms with Crippen molar-refractivity contribution in [3.63, 3.8) is 0 Å². The van der Waals surface area contributed by atoms with Crippen molar-refractivity contribution in [3.8, 4) is 33.0 Å². The van der Waals surface area contributed by atoms with E-state index in [0.29, 0.717) is 0 Å². The van der Waals surface area contributed by atoms with Crippen LogP contribution in [0.15, 0.2) is 78.3 Å². The molecule has 0 spiro atoms. The molecule has 0 saturated carbocycles. The van der Waals surface area contributed by atoms with Gasteiger partial charge in [0.25, 0.3) is 0 Å². The van der Waals surface area contributed by atoms with Gasteiger partial charge in [-0.25, -0.2) is 9.97 Å². The van der Waals surface area contributed by atoms with E-state index < -0.39 is 0 Å². The summed E-state index contributed by atoms with van der Waals surface area (Å²) < 4.78 is 2.10. The van der Waals surface area contributed by atoms with E-state index in [0.717, 1.165) is 100 Å². The number of aliphatic imine (C=N–C) groups is 1. The molecule has 2 saturated heterocycles. The van der Waals surface area contributed by atoms with Crippen molar-refractivity contribution < 1.29 is 9.59 Å². The summed E-state index contributed by atoms with van der Waals surface area (Å²) in [5.74, 6) is 1.09.